The minimum atomic E-state index is -3.83. The van der Waals surface area contributed by atoms with Crippen molar-refractivity contribution >= 4 is 39.1 Å². The Hall–Kier alpha value is -2.65. The topological polar surface area (TPSA) is 86.8 Å². The minimum absolute atomic E-state index is 0.190. The summed E-state index contributed by atoms with van der Waals surface area (Å²) in [6.07, 6.45) is 1.69. The molecule has 2 aromatic carbocycles. The van der Waals surface area contributed by atoms with Crippen molar-refractivity contribution < 1.29 is 22.4 Å². The van der Waals surface area contributed by atoms with Gasteiger partial charge < -0.3 is 10.2 Å². The lowest BCUT2D eigenvalue weighted by Crippen LogP contribution is -2.51. The van der Waals surface area contributed by atoms with Gasteiger partial charge in [0.15, 0.2) is 0 Å². The smallest absolute Gasteiger partial charge is 0.244 e. The summed E-state index contributed by atoms with van der Waals surface area (Å²) in [5.41, 5.74) is 0.465. The number of carbonyl (C=O) groups excluding carboxylic acids is 2. The Kier molecular flexibility index (Phi) is 9.03. The van der Waals surface area contributed by atoms with Crippen molar-refractivity contribution in [3.05, 3.63) is 64.9 Å². The summed E-state index contributed by atoms with van der Waals surface area (Å²) in [5, 5.41) is 3.13. The first-order chi connectivity index (χ1) is 15.0. The number of anilines is 1. The molecular weight excluding hydrogens is 457 g/mol. The molecule has 0 saturated heterocycles. The van der Waals surface area contributed by atoms with Crippen molar-refractivity contribution in [2.24, 2.45) is 0 Å². The molecule has 2 amide bonds. The molecule has 2 aromatic rings. The third kappa shape index (κ3) is 6.93. The molecule has 0 unspecified atom stereocenters. The summed E-state index contributed by atoms with van der Waals surface area (Å²) in [6, 6.07) is 11.0. The maximum atomic E-state index is 14.3. The highest BCUT2D eigenvalue weighted by Gasteiger charge is 2.30. The number of hydrogen-bond acceptors (Lipinski definition) is 4. The van der Waals surface area contributed by atoms with E-state index in [0.717, 1.165) is 10.6 Å². The predicted molar refractivity (Wildman–Crippen MR) is 123 cm³/mol. The third-order valence-electron chi connectivity index (χ3n) is 4.81. The average Bonchev–Trinajstić information content (AvgIpc) is 2.74. The number of benzene rings is 2. The zero-order valence-electron chi connectivity index (χ0n) is 18.2. The van der Waals surface area contributed by atoms with Gasteiger partial charge in [-0.2, -0.15) is 0 Å². The fraction of sp³-hybridized carbons (Fsp3) is 0.364. The van der Waals surface area contributed by atoms with Gasteiger partial charge in [-0.25, -0.2) is 12.8 Å². The molecule has 2 rings (SSSR count). The molecule has 0 aliphatic rings. The Balaban J connectivity index is 2.37. The Bertz CT molecular complexity index is 1050. The second-order valence-electron chi connectivity index (χ2n) is 7.33. The van der Waals surface area contributed by atoms with Gasteiger partial charge in [0, 0.05) is 23.7 Å². The largest absolute Gasteiger partial charge is 0.354 e. The van der Waals surface area contributed by atoms with E-state index in [-0.39, 0.29) is 17.8 Å². The SMILES string of the molecule is CCCNC(=O)[C@@H](C)N(Cc1ccccc1F)C(=O)CN(c1ccc(Cl)cc1)S(C)(=O)=O. The zero-order chi connectivity index (χ0) is 23.9. The van der Waals surface area contributed by atoms with Gasteiger partial charge in [0.1, 0.15) is 18.4 Å². The summed E-state index contributed by atoms with van der Waals surface area (Å²) >= 11 is 5.89. The Morgan fingerprint density at radius 2 is 1.75 bits per heavy atom. The van der Waals surface area contributed by atoms with E-state index < -0.39 is 40.2 Å². The van der Waals surface area contributed by atoms with E-state index >= 15 is 0 Å². The molecule has 0 heterocycles. The molecule has 1 N–H and O–H groups in total. The first-order valence-corrected chi connectivity index (χ1v) is 12.3. The summed E-state index contributed by atoms with van der Waals surface area (Å²) < 4.78 is 40.0. The normalized spacial score (nSPS) is 12.2. The zero-order valence-corrected chi connectivity index (χ0v) is 19.8. The van der Waals surface area contributed by atoms with Crippen LogP contribution in [0.2, 0.25) is 5.02 Å². The standard InChI is InChI=1S/C22H27ClFN3O4S/c1-4-13-25-22(29)16(2)26(14-17-7-5-6-8-20(17)24)21(28)15-27(32(3,30)31)19-11-9-18(23)10-12-19/h5-12,16H,4,13-15H2,1-3H3,(H,25,29)/t16-/m1/s1. The van der Waals surface area contributed by atoms with Crippen molar-refractivity contribution in [3.8, 4) is 0 Å². The van der Waals surface area contributed by atoms with Gasteiger partial charge in [-0.05, 0) is 43.7 Å². The van der Waals surface area contributed by atoms with Crippen LogP contribution in [0.5, 0.6) is 0 Å². The molecule has 1 atom stereocenters. The monoisotopic (exact) mass is 483 g/mol. The number of hydrogen-bond donors (Lipinski definition) is 1. The van der Waals surface area contributed by atoms with Crippen LogP contribution >= 0.6 is 11.6 Å². The number of halogens is 2. The molecule has 0 aromatic heterocycles. The van der Waals surface area contributed by atoms with E-state index in [9.17, 15) is 22.4 Å². The van der Waals surface area contributed by atoms with E-state index in [1.165, 1.54) is 54.3 Å². The fourth-order valence-corrected chi connectivity index (χ4v) is 3.99. The van der Waals surface area contributed by atoms with Crippen LogP contribution in [-0.4, -0.2) is 50.5 Å². The highest BCUT2D eigenvalue weighted by molar-refractivity contribution is 7.92. The average molecular weight is 484 g/mol. The first kappa shape index (κ1) is 25.6. The van der Waals surface area contributed by atoms with E-state index in [4.69, 9.17) is 11.6 Å². The number of nitrogens with zero attached hydrogens (tertiary/aromatic N) is 2. The van der Waals surface area contributed by atoms with E-state index in [2.05, 4.69) is 5.32 Å². The van der Waals surface area contributed by atoms with Gasteiger partial charge in [0.25, 0.3) is 0 Å². The van der Waals surface area contributed by atoms with Crippen LogP contribution in [0.4, 0.5) is 10.1 Å². The Morgan fingerprint density at radius 1 is 1.12 bits per heavy atom. The number of amides is 2. The maximum Gasteiger partial charge on any atom is 0.244 e. The van der Waals surface area contributed by atoms with Gasteiger partial charge in [0.2, 0.25) is 21.8 Å². The number of sulfonamides is 1. The predicted octanol–water partition coefficient (Wildman–Crippen LogP) is 3.19. The molecule has 10 heteroatoms. The molecule has 0 aliphatic carbocycles. The van der Waals surface area contributed by atoms with Crippen LogP contribution in [0, 0.1) is 5.82 Å². The molecule has 0 fully saturated rings. The quantitative estimate of drug-likeness (QED) is 0.562. The molecule has 0 spiro atoms. The molecule has 32 heavy (non-hydrogen) atoms. The highest BCUT2D eigenvalue weighted by atomic mass is 35.5. The van der Waals surface area contributed by atoms with Gasteiger partial charge in [-0.3, -0.25) is 13.9 Å². The highest BCUT2D eigenvalue weighted by Crippen LogP contribution is 2.21. The molecule has 0 bridgehead atoms. The van der Waals surface area contributed by atoms with Crippen LogP contribution < -0.4 is 9.62 Å². The third-order valence-corrected chi connectivity index (χ3v) is 6.20. The van der Waals surface area contributed by atoms with Crippen molar-refractivity contribution in [3.63, 3.8) is 0 Å². The number of rotatable bonds is 10. The first-order valence-electron chi connectivity index (χ1n) is 10.1. The van der Waals surface area contributed by atoms with Crippen molar-refractivity contribution in [1.82, 2.24) is 10.2 Å². The van der Waals surface area contributed by atoms with Crippen LogP contribution in [0.1, 0.15) is 25.8 Å². The van der Waals surface area contributed by atoms with Crippen LogP contribution in [-0.2, 0) is 26.2 Å². The van der Waals surface area contributed by atoms with E-state index in [0.29, 0.717) is 18.0 Å². The molecule has 0 radical (unpaired) electrons. The van der Waals surface area contributed by atoms with E-state index in [1.54, 1.807) is 6.07 Å². The fourth-order valence-electron chi connectivity index (χ4n) is 3.01. The second-order valence-corrected chi connectivity index (χ2v) is 9.67. The molecular formula is C22H27ClFN3O4S. The second kappa shape index (κ2) is 11.3. The Morgan fingerprint density at radius 3 is 2.31 bits per heavy atom. The molecule has 7 nitrogen and oxygen atoms in total. The lowest BCUT2D eigenvalue weighted by atomic mass is 10.1. The van der Waals surface area contributed by atoms with Crippen LogP contribution in [0.3, 0.4) is 0 Å². The summed E-state index contributed by atoms with van der Waals surface area (Å²) in [4.78, 5) is 27.0. The number of nitrogens with one attached hydrogen (secondary N) is 1. The van der Waals surface area contributed by atoms with E-state index in [1.807, 2.05) is 6.92 Å². The van der Waals surface area contributed by atoms with Gasteiger partial charge in [-0.15, -0.1) is 0 Å². The molecule has 174 valence electrons. The van der Waals surface area contributed by atoms with Crippen molar-refractivity contribution in [2.75, 3.05) is 23.7 Å². The summed E-state index contributed by atoms with van der Waals surface area (Å²) in [5.74, 6) is -1.58. The molecule has 0 aliphatic heterocycles. The lowest BCUT2D eigenvalue weighted by molar-refractivity contribution is -0.139. The van der Waals surface area contributed by atoms with Crippen LogP contribution in [0.15, 0.2) is 48.5 Å². The van der Waals surface area contributed by atoms with Gasteiger partial charge >= 0.3 is 0 Å². The van der Waals surface area contributed by atoms with Crippen LogP contribution in [0.25, 0.3) is 0 Å². The Labute approximate surface area is 193 Å². The van der Waals surface area contributed by atoms with Crippen molar-refractivity contribution in [1.29, 1.82) is 0 Å². The van der Waals surface area contributed by atoms with Gasteiger partial charge in [0.05, 0.1) is 11.9 Å². The summed E-state index contributed by atoms with van der Waals surface area (Å²) in [6.45, 7) is 3.09. The van der Waals surface area contributed by atoms with Crippen molar-refractivity contribution in [2.45, 2.75) is 32.9 Å². The lowest BCUT2D eigenvalue weighted by Gasteiger charge is -2.31. The maximum absolute atomic E-state index is 14.3. The van der Waals surface area contributed by atoms with Gasteiger partial charge in [-0.1, -0.05) is 36.7 Å². The molecule has 0 saturated carbocycles. The number of carbonyl (C=O) groups is 2. The summed E-state index contributed by atoms with van der Waals surface area (Å²) in [7, 11) is -3.83. The minimum Gasteiger partial charge on any atom is -0.354 e.